The highest BCUT2D eigenvalue weighted by Gasteiger charge is 2.15. The van der Waals surface area contributed by atoms with Crippen LogP contribution in [0.4, 0.5) is 0 Å². The predicted octanol–water partition coefficient (Wildman–Crippen LogP) is 4.25. The molecule has 6 nitrogen and oxygen atoms in total. The first kappa shape index (κ1) is 15.7. The third-order valence-electron chi connectivity index (χ3n) is 3.80. The molecule has 0 bridgehead atoms. The van der Waals surface area contributed by atoms with Gasteiger partial charge in [0.25, 0.3) is 0 Å². The number of nitrogens with zero attached hydrogens (tertiary/aromatic N) is 3. The molecule has 0 amide bonds. The number of benzene rings is 1. The van der Waals surface area contributed by atoms with Crippen LogP contribution in [0.1, 0.15) is 17.3 Å². The second kappa shape index (κ2) is 6.23. The van der Waals surface area contributed by atoms with Gasteiger partial charge in [0.05, 0.1) is 16.3 Å². The van der Waals surface area contributed by atoms with Crippen molar-refractivity contribution in [3.63, 3.8) is 0 Å². The maximum Gasteiger partial charge on any atom is 0.200 e. The Labute approximate surface area is 152 Å². The molecule has 0 unspecified atom stereocenters. The van der Waals surface area contributed by atoms with Gasteiger partial charge in [0, 0.05) is 5.56 Å². The fourth-order valence-electron chi connectivity index (χ4n) is 2.55. The lowest BCUT2D eigenvalue weighted by molar-refractivity contribution is 0.101. The molecule has 25 heavy (non-hydrogen) atoms. The van der Waals surface area contributed by atoms with Crippen LogP contribution in [0.5, 0.6) is 0 Å². The molecule has 0 saturated carbocycles. The van der Waals surface area contributed by atoms with Crippen LogP contribution in [-0.2, 0) is 0 Å². The van der Waals surface area contributed by atoms with E-state index in [4.69, 9.17) is 12.2 Å². The summed E-state index contributed by atoms with van der Waals surface area (Å²) in [6.07, 6.45) is 0. The minimum absolute atomic E-state index is 0.0236. The number of carbonyl (C=O) groups excluding carboxylic acids is 1. The van der Waals surface area contributed by atoms with E-state index in [1.54, 1.807) is 35.0 Å². The van der Waals surface area contributed by atoms with Crippen molar-refractivity contribution in [2.45, 2.75) is 6.92 Å². The van der Waals surface area contributed by atoms with Gasteiger partial charge in [-0.2, -0.15) is 10.2 Å². The van der Waals surface area contributed by atoms with Gasteiger partial charge in [-0.15, -0.1) is 11.3 Å². The average molecular weight is 367 g/mol. The quantitative estimate of drug-likeness (QED) is 0.417. The van der Waals surface area contributed by atoms with Crippen molar-refractivity contribution in [3.8, 4) is 27.8 Å². The number of Topliss-reactive ketones (excluding diaryl/α,β-unsaturated/α-hetero) is 1. The Morgan fingerprint density at radius 3 is 2.64 bits per heavy atom. The SMILES string of the molecule is CC(=O)c1ccc(-n2c(-c3cc(-c4cccs4)[nH]n3)n[nH]c2=S)cc1. The highest BCUT2D eigenvalue weighted by molar-refractivity contribution is 7.71. The monoisotopic (exact) mass is 367 g/mol. The molecule has 0 spiro atoms. The number of aromatic nitrogens is 5. The minimum Gasteiger partial charge on any atom is -0.295 e. The molecule has 0 fully saturated rings. The number of thiophene rings is 1. The predicted molar refractivity (Wildman–Crippen MR) is 99.6 cm³/mol. The van der Waals surface area contributed by atoms with Crippen LogP contribution in [0.25, 0.3) is 27.8 Å². The van der Waals surface area contributed by atoms with E-state index in [1.807, 2.05) is 35.7 Å². The summed E-state index contributed by atoms with van der Waals surface area (Å²) in [4.78, 5) is 12.6. The molecule has 3 aromatic heterocycles. The molecule has 0 aliphatic rings. The Hall–Kier alpha value is -2.84. The van der Waals surface area contributed by atoms with Gasteiger partial charge in [-0.1, -0.05) is 6.07 Å². The summed E-state index contributed by atoms with van der Waals surface area (Å²) in [5.74, 6) is 0.634. The van der Waals surface area contributed by atoms with Crippen LogP contribution in [0, 0.1) is 4.77 Å². The van der Waals surface area contributed by atoms with Gasteiger partial charge in [0.2, 0.25) is 0 Å². The van der Waals surface area contributed by atoms with Crippen molar-refractivity contribution < 1.29 is 4.79 Å². The zero-order valence-electron chi connectivity index (χ0n) is 13.2. The highest BCUT2D eigenvalue weighted by atomic mass is 32.1. The third kappa shape index (κ3) is 2.86. The molecule has 0 radical (unpaired) electrons. The average Bonchev–Trinajstić information content (AvgIpc) is 3.35. The summed E-state index contributed by atoms with van der Waals surface area (Å²) in [6, 6.07) is 13.2. The van der Waals surface area contributed by atoms with E-state index in [9.17, 15) is 4.79 Å². The van der Waals surface area contributed by atoms with Crippen molar-refractivity contribution in [2.24, 2.45) is 0 Å². The Balaban J connectivity index is 1.78. The maximum absolute atomic E-state index is 11.5. The molecular weight excluding hydrogens is 354 g/mol. The zero-order chi connectivity index (χ0) is 17.4. The molecule has 0 aliphatic heterocycles. The van der Waals surface area contributed by atoms with E-state index < -0.39 is 0 Å². The number of aromatic amines is 2. The van der Waals surface area contributed by atoms with Gasteiger partial charge < -0.3 is 0 Å². The van der Waals surface area contributed by atoms with Crippen molar-refractivity contribution in [2.75, 3.05) is 0 Å². The summed E-state index contributed by atoms with van der Waals surface area (Å²) < 4.78 is 2.26. The molecule has 4 rings (SSSR count). The Kier molecular flexibility index (Phi) is 3.90. The number of hydrogen-bond acceptors (Lipinski definition) is 5. The summed E-state index contributed by atoms with van der Waals surface area (Å²) in [5, 5.41) is 16.5. The molecular formula is C17H13N5OS2. The molecule has 0 aliphatic carbocycles. The van der Waals surface area contributed by atoms with Crippen molar-refractivity contribution in [3.05, 3.63) is 58.2 Å². The number of nitrogens with one attached hydrogen (secondary N) is 2. The first-order valence-corrected chi connectivity index (χ1v) is 8.81. The molecule has 1 aromatic carbocycles. The first-order valence-electron chi connectivity index (χ1n) is 7.52. The van der Waals surface area contributed by atoms with Gasteiger partial charge in [0.15, 0.2) is 16.4 Å². The van der Waals surface area contributed by atoms with E-state index in [0.717, 1.165) is 16.3 Å². The Bertz CT molecular complexity index is 1090. The van der Waals surface area contributed by atoms with Gasteiger partial charge in [-0.25, -0.2) is 0 Å². The van der Waals surface area contributed by atoms with E-state index in [2.05, 4.69) is 20.4 Å². The summed E-state index contributed by atoms with van der Waals surface area (Å²) >= 11 is 7.00. The molecule has 8 heteroatoms. The van der Waals surface area contributed by atoms with Crippen LogP contribution >= 0.6 is 23.6 Å². The van der Waals surface area contributed by atoms with Gasteiger partial charge in [-0.3, -0.25) is 19.6 Å². The van der Waals surface area contributed by atoms with Crippen molar-refractivity contribution in [1.29, 1.82) is 0 Å². The molecule has 3 heterocycles. The van der Waals surface area contributed by atoms with Crippen LogP contribution in [0.3, 0.4) is 0 Å². The number of carbonyl (C=O) groups is 1. The van der Waals surface area contributed by atoms with E-state index in [-0.39, 0.29) is 5.78 Å². The minimum atomic E-state index is 0.0236. The Morgan fingerprint density at radius 2 is 1.96 bits per heavy atom. The highest BCUT2D eigenvalue weighted by Crippen LogP contribution is 2.27. The number of H-pyrrole nitrogens is 2. The normalized spacial score (nSPS) is 10.9. The van der Waals surface area contributed by atoms with Crippen LogP contribution in [-0.4, -0.2) is 30.7 Å². The third-order valence-corrected chi connectivity index (χ3v) is 4.97. The maximum atomic E-state index is 11.5. The van der Waals surface area contributed by atoms with Gasteiger partial charge >= 0.3 is 0 Å². The number of ketones is 1. The second-order valence-electron chi connectivity index (χ2n) is 5.43. The van der Waals surface area contributed by atoms with Crippen LogP contribution < -0.4 is 0 Å². The standard InChI is InChI=1S/C17H13N5OS2/c1-10(23)11-4-6-12(7-5-11)22-16(20-21-17(22)24)14-9-13(18-19-14)15-3-2-8-25-15/h2-9H,1H3,(H,18,19)(H,21,24). The number of rotatable bonds is 4. The van der Waals surface area contributed by atoms with Crippen LogP contribution in [0.2, 0.25) is 0 Å². The fraction of sp³-hybridized carbons (Fsp3) is 0.0588. The second-order valence-corrected chi connectivity index (χ2v) is 6.77. The smallest absolute Gasteiger partial charge is 0.200 e. The molecule has 0 saturated heterocycles. The fourth-order valence-corrected chi connectivity index (χ4v) is 3.48. The molecule has 2 N–H and O–H groups in total. The summed E-state index contributed by atoms with van der Waals surface area (Å²) in [6.45, 7) is 1.54. The molecule has 4 aromatic rings. The van der Waals surface area contributed by atoms with Gasteiger partial charge in [-0.05, 0) is 60.9 Å². The Morgan fingerprint density at radius 1 is 1.16 bits per heavy atom. The molecule has 124 valence electrons. The topological polar surface area (TPSA) is 79.4 Å². The lowest BCUT2D eigenvalue weighted by Gasteiger charge is -2.05. The zero-order valence-corrected chi connectivity index (χ0v) is 14.8. The van der Waals surface area contributed by atoms with Crippen molar-refractivity contribution >= 4 is 29.3 Å². The van der Waals surface area contributed by atoms with E-state index >= 15 is 0 Å². The lowest BCUT2D eigenvalue weighted by atomic mass is 10.1. The van der Waals surface area contributed by atoms with Crippen molar-refractivity contribution in [1.82, 2.24) is 25.0 Å². The summed E-state index contributed by atoms with van der Waals surface area (Å²) in [5.41, 5.74) is 3.09. The van der Waals surface area contributed by atoms with E-state index in [0.29, 0.717) is 21.9 Å². The van der Waals surface area contributed by atoms with Gasteiger partial charge in [0.1, 0.15) is 5.69 Å². The van der Waals surface area contributed by atoms with E-state index in [1.165, 1.54) is 0 Å². The molecule has 0 atom stereocenters. The lowest BCUT2D eigenvalue weighted by Crippen LogP contribution is -1.99. The first-order chi connectivity index (χ1) is 12.1. The summed E-state index contributed by atoms with van der Waals surface area (Å²) in [7, 11) is 0. The number of hydrogen-bond donors (Lipinski definition) is 2. The largest absolute Gasteiger partial charge is 0.295 e. The van der Waals surface area contributed by atoms with Crippen LogP contribution in [0.15, 0.2) is 47.8 Å².